The molecule has 134 valence electrons. The van der Waals surface area contributed by atoms with Gasteiger partial charge in [-0.25, -0.2) is 4.79 Å². The molecule has 4 rings (SSSR count). The zero-order chi connectivity index (χ0) is 17.6. The largest absolute Gasteiger partial charge is 0.510 e. The van der Waals surface area contributed by atoms with Crippen molar-refractivity contribution in [2.24, 2.45) is 35.0 Å². The van der Waals surface area contributed by atoms with Gasteiger partial charge in [0.25, 0.3) is 0 Å². The summed E-state index contributed by atoms with van der Waals surface area (Å²) < 4.78 is 4.63. The molecule has 0 bridgehead atoms. The van der Waals surface area contributed by atoms with Gasteiger partial charge in [-0.05, 0) is 79.3 Å². The standard InChI is InChI=1S/C22H28O3/c1-14-13-20-18-8-7-15-5-3-4-6-16(15)17(18)9-11-22(20,2)19(14)10-12-25-21(23)24/h5,7-8,10,12,16-20H,1,3-4,6,9,11,13H2,2H3,(H,23,24)/b12-10-/t16-,17+,18+,19+,20-,22+/m0/s1. The number of hydrogen-bond donors (Lipinski definition) is 1. The summed E-state index contributed by atoms with van der Waals surface area (Å²) in [6, 6.07) is 0. The average molecular weight is 340 g/mol. The number of allylic oxidation sites excluding steroid dienone is 6. The maximum atomic E-state index is 10.6. The fourth-order valence-corrected chi connectivity index (χ4v) is 6.30. The van der Waals surface area contributed by atoms with Gasteiger partial charge in [0, 0.05) is 5.92 Å². The molecule has 2 fully saturated rings. The van der Waals surface area contributed by atoms with Crippen molar-refractivity contribution in [2.45, 2.75) is 45.4 Å². The van der Waals surface area contributed by atoms with Crippen LogP contribution >= 0.6 is 0 Å². The lowest BCUT2D eigenvalue weighted by molar-refractivity contribution is 0.0235. The summed E-state index contributed by atoms with van der Waals surface area (Å²) in [5.41, 5.74) is 2.98. The summed E-state index contributed by atoms with van der Waals surface area (Å²) in [5.74, 6) is 2.99. The van der Waals surface area contributed by atoms with Crippen molar-refractivity contribution in [3.63, 3.8) is 0 Å². The minimum absolute atomic E-state index is 0.164. The van der Waals surface area contributed by atoms with E-state index in [4.69, 9.17) is 5.11 Å². The normalized spacial score (nSPS) is 42.5. The lowest BCUT2D eigenvalue weighted by Gasteiger charge is -2.51. The lowest BCUT2D eigenvalue weighted by atomic mass is 9.53. The highest BCUT2D eigenvalue weighted by atomic mass is 16.7. The predicted octanol–water partition coefficient (Wildman–Crippen LogP) is 5.72. The van der Waals surface area contributed by atoms with Gasteiger partial charge in [0.05, 0.1) is 6.26 Å². The van der Waals surface area contributed by atoms with E-state index in [9.17, 15) is 4.79 Å². The van der Waals surface area contributed by atoms with Gasteiger partial charge in [-0.2, -0.15) is 0 Å². The number of rotatable bonds is 2. The van der Waals surface area contributed by atoms with Crippen molar-refractivity contribution < 1.29 is 14.6 Å². The highest BCUT2D eigenvalue weighted by Crippen LogP contribution is 2.63. The van der Waals surface area contributed by atoms with Crippen LogP contribution < -0.4 is 0 Å². The Kier molecular flexibility index (Phi) is 4.13. The van der Waals surface area contributed by atoms with Crippen LogP contribution in [0.4, 0.5) is 4.79 Å². The van der Waals surface area contributed by atoms with Gasteiger partial charge in [0.15, 0.2) is 0 Å². The zero-order valence-corrected chi connectivity index (χ0v) is 15.0. The van der Waals surface area contributed by atoms with E-state index in [-0.39, 0.29) is 11.3 Å². The monoisotopic (exact) mass is 340 g/mol. The van der Waals surface area contributed by atoms with Crippen LogP contribution in [0, 0.1) is 35.0 Å². The molecule has 0 spiro atoms. The van der Waals surface area contributed by atoms with Crippen LogP contribution in [0.5, 0.6) is 0 Å². The topological polar surface area (TPSA) is 46.5 Å². The van der Waals surface area contributed by atoms with E-state index in [0.29, 0.717) is 11.8 Å². The van der Waals surface area contributed by atoms with Crippen LogP contribution in [0.2, 0.25) is 0 Å². The Morgan fingerprint density at radius 1 is 1.44 bits per heavy atom. The van der Waals surface area contributed by atoms with Gasteiger partial charge in [-0.1, -0.05) is 37.3 Å². The molecular weight excluding hydrogens is 312 g/mol. The number of hydrogen-bond acceptors (Lipinski definition) is 2. The van der Waals surface area contributed by atoms with Crippen LogP contribution in [0.15, 0.2) is 48.3 Å². The second-order valence-electron chi connectivity index (χ2n) is 8.55. The number of carboxylic acid groups (broad SMARTS) is 1. The average Bonchev–Trinajstić information content (AvgIpc) is 2.85. The quantitative estimate of drug-likeness (QED) is 0.397. The molecule has 0 unspecified atom stereocenters. The van der Waals surface area contributed by atoms with E-state index in [0.717, 1.165) is 18.3 Å². The smallest absolute Gasteiger partial charge is 0.449 e. The van der Waals surface area contributed by atoms with Crippen molar-refractivity contribution in [1.29, 1.82) is 0 Å². The third-order valence-corrected chi connectivity index (χ3v) is 7.45. The van der Waals surface area contributed by atoms with Gasteiger partial charge >= 0.3 is 6.16 Å². The molecular formula is C22H28O3. The Bertz CT molecular complexity index is 671. The van der Waals surface area contributed by atoms with Crippen LogP contribution in [0.1, 0.15) is 45.4 Å². The summed E-state index contributed by atoms with van der Waals surface area (Å²) in [7, 11) is 0. The predicted molar refractivity (Wildman–Crippen MR) is 97.9 cm³/mol. The number of carbonyl (C=O) groups is 1. The van der Waals surface area contributed by atoms with Crippen LogP contribution in [-0.2, 0) is 4.74 Å². The molecule has 4 aliphatic rings. The Balaban J connectivity index is 1.60. The summed E-state index contributed by atoms with van der Waals surface area (Å²) in [6.45, 7) is 6.71. The minimum atomic E-state index is -1.25. The summed E-state index contributed by atoms with van der Waals surface area (Å²) in [6.07, 6.45) is 16.8. The molecule has 6 atom stereocenters. The maximum absolute atomic E-state index is 10.6. The van der Waals surface area contributed by atoms with Crippen molar-refractivity contribution in [3.05, 3.63) is 48.3 Å². The van der Waals surface area contributed by atoms with Crippen molar-refractivity contribution in [3.8, 4) is 0 Å². The van der Waals surface area contributed by atoms with Crippen molar-refractivity contribution in [2.75, 3.05) is 0 Å². The molecule has 3 nitrogen and oxygen atoms in total. The molecule has 0 heterocycles. The first-order valence-electron chi connectivity index (χ1n) is 9.63. The summed E-state index contributed by atoms with van der Waals surface area (Å²) >= 11 is 0. The van der Waals surface area contributed by atoms with Crippen molar-refractivity contribution >= 4 is 6.16 Å². The Hall–Kier alpha value is -1.77. The van der Waals surface area contributed by atoms with E-state index < -0.39 is 6.16 Å². The molecule has 2 saturated carbocycles. The molecule has 0 aromatic carbocycles. The summed E-state index contributed by atoms with van der Waals surface area (Å²) in [5, 5.41) is 8.70. The van der Waals surface area contributed by atoms with E-state index in [1.165, 1.54) is 43.9 Å². The first-order chi connectivity index (χ1) is 12.0. The fourth-order valence-electron chi connectivity index (χ4n) is 6.30. The molecule has 0 aromatic heterocycles. The van der Waals surface area contributed by atoms with Crippen LogP contribution in [0.25, 0.3) is 0 Å². The second kappa shape index (κ2) is 6.19. The third-order valence-electron chi connectivity index (χ3n) is 7.45. The first kappa shape index (κ1) is 16.7. The van der Waals surface area contributed by atoms with Gasteiger partial charge < -0.3 is 9.84 Å². The van der Waals surface area contributed by atoms with E-state index in [1.807, 2.05) is 6.08 Å². The van der Waals surface area contributed by atoms with Crippen molar-refractivity contribution in [1.82, 2.24) is 0 Å². The summed E-state index contributed by atoms with van der Waals surface area (Å²) in [4.78, 5) is 10.6. The van der Waals surface area contributed by atoms with Gasteiger partial charge in [0.1, 0.15) is 0 Å². The molecule has 3 heteroatoms. The Labute approximate surface area is 150 Å². The molecule has 0 amide bonds. The molecule has 1 N–H and O–H groups in total. The van der Waals surface area contributed by atoms with E-state index in [2.05, 4.69) is 36.5 Å². The van der Waals surface area contributed by atoms with Gasteiger partial charge in [0.2, 0.25) is 0 Å². The first-order valence-corrected chi connectivity index (χ1v) is 9.63. The lowest BCUT2D eigenvalue weighted by Crippen LogP contribution is -2.44. The maximum Gasteiger partial charge on any atom is 0.510 e. The van der Waals surface area contributed by atoms with Crippen LogP contribution in [0.3, 0.4) is 0 Å². The van der Waals surface area contributed by atoms with E-state index in [1.54, 1.807) is 5.57 Å². The third kappa shape index (κ3) is 2.68. The molecule has 25 heavy (non-hydrogen) atoms. The van der Waals surface area contributed by atoms with E-state index >= 15 is 0 Å². The molecule has 0 aromatic rings. The Morgan fingerprint density at radius 2 is 2.28 bits per heavy atom. The SMILES string of the molecule is C=C1C[C@H]2[C@@H]3C=CC4=CCCC[C@@H]4[C@H]3CC[C@]2(C)[C@@H]1/C=C\OC(=O)O. The van der Waals surface area contributed by atoms with Crippen LogP contribution in [-0.4, -0.2) is 11.3 Å². The highest BCUT2D eigenvalue weighted by molar-refractivity contribution is 5.57. The molecule has 0 aliphatic heterocycles. The molecule has 4 aliphatic carbocycles. The van der Waals surface area contributed by atoms with Gasteiger partial charge in [-0.3, -0.25) is 0 Å². The Morgan fingerprint density at radius 3 is 3.08 bits per heavy atom. The molecule has 0 radical (unpaired) electrons. The number of ether oxygens (including phenoxy) is 1. The number of fused-ring (bicyclic) bond motifs is 5. The zero-order valence-electron chi connectivity index (χ0n) is 15.0. The second-order valence-corrected chi connectivity index (χ2v) is 8.55. The minimum Gasteiger partial charge on any atom is -0.449 e. The molecule has 0 saturated heterocycles. The fraction of sp³-hybridized carbons (Fsp3) is 0.591. The highest BCUT2D eigenvalue weighted by Gasteiger charge is 2.55. The van der Waals surface area contributed by atoms with Gasteiger partial charge in [-0.15, -0.1) is 0 Å².